The van der Waals surface area contributed by atoms with E-state index in [-0.39, 0.29) is 12.4 Å². The maximum atomic E-state index is 10.9. The van der Waals surface area contributed by atoms with Gasteiger partial charge in [0.1, 0.15) is 6.61 Å². The van der Waals surface area contributed by atoms with E-state index in [2.05, 4.69) is 10.7 Å². The molecule has 0 aliphatic carbocycles. The predicted octanol–water partition coefficient (Wildman–Crippen LogP) is 0.399. The van der Waals surface area contributed by atoms with Gasteiger partial charge in [-0.1, -0.05) is 5.92 Å². The molecule has 0 fully saturated rings. The van der Waals surface area contributed by atoms with E-state index in [1.165, 1.54) is 7.11 Å². The smallest absolute Gasteiger partial charge is 0.307 e. The molecular formula is C31H58O15. The minimum atomic E-state index is -0.288. The Morgan fingerprint density at radius 2 is 0.565 bits per heavy atom. The highest BCUT2D eigenvalue weighted by molar-refractivity contribution is 5.69. The number of methoxy groups -OCH3 is 1. The molecule has 0 saturated heterocycles. The van der Waals surface area contributed by atoms with Gasteiger partial charge in [-0.05, 0) is 0 Å². The lowest BCUT2D eigenvalue weighted by molar-refractivity contribution is -0.141. The van der Waals surface area contributed by atoms with E-state index in [1.54, 1.807) is 0 Å². The first-order valence-corrected chi connectivity index (χ1v) is 15.8. The molecule has 0 aliphatic rings. The molecule has 0 spiro atoms. The molecule has 15 heteroatoms. The monoisotopic (exact) mass is 670 g/mol. The minimum absolute atomic E-state index is 0.243. The second kappa shape index (κ2) is 41.5. The van der Waals surface area contributed by atoms with Gasteiger partial charge < -0.3 is 66.3 Å². The van der Waals surface area contributed by atoms with Crippen molar-refractivity contribution < 1.29 is 71.1 Å². The Labute approximate surface area is 274 Å². The van der Waals surface area contributed by atoms with Gasteiger partial charge in [-0.3, -0.25) is 4.79 Å². The normalized spacial score (nSPS) is 11.2. The first-order chi connectivity index (χ1) is 22.8. The zero-order valence-electron chi connectivity index (χ0n) is 27.8. The van der Waals surface area contributed by atoms with Gasteiger partial charge in [0, 0.05) is 0 Å². The van der Waals surface area contributed by atoms with Crippen molar-refractivity contribution in [2.75, 3.05) is 179 Å². The van der Waals surface area contributed by atoms with Crippen molar-refractivity contribution >= 4 is 5.97 Å². The van der Waals surface area contributed by atoms with Crippen LogP contribution in [0.5, 0.6) is 0 Å². The number of esters is 1. The summed E-state index contributed by atoms with van der Waals surface area (Å²) in [5.74, 6) is 2.11. The van der Waals surface area contributed by atoms with Crippen LogP contribution in [0.3, 0.4) is 0 Å². The highest BCUT2D eigenvalue weighted by Gasteiger charge is 1.99. The van der Waals surface area contributed by atoms with Gasteiger partial charge >= 0.3 is 5.97 Å². The van der Waals surface area contributed by atoms with Gasteiger partial charge in [0.25, 0.3) is 0 Å². The largest absolute Gasteiger partial charge is 0.469 e. The standard InChI is InChI=1S/C31H58O15/c1-3-5-34-7-9-36-11-13-38-15-17-40-19-21-42-23-25-44-27-29-46-30-28-45-26-24-43-22-20-41-18-16-39-14-12-37-10-8-35-6-4-31(32)33-2/h1H,4-30H2,2H3. The molecule has 0 N–H and O–H groups in total. The van der Waals surface area contributed by atoms with Crippen molar-refractivity contribution in [3.63, 3.8) is 0 Å². The molecule has 46 heavy (non-hydrogen) atoms. The van der Waals surface area contributed by atoms with Crippen LogP contribution < -0.4 is 0 Å². The molecule has 0 aromatic carbocycles. The Morgan fingerprint density at radius 3 is 0.761 bits per heavy atom. The SMILES string of the molecule is C#CCOCCOCCOCCOCCOCCOCCOCCOCCOCCOCCOCCOCCOCCC(=O)OC. The van der Waals surface area contributed by atoms with Crippen LogP contribution in [0.15, 0.2) is 0 Å². The highest BCUT2D eigenvalue weighted by Crippen LogP contribution is 1.89. The minimum Gasteiger partial charge on any atom is -0.469 e. The van der Waals surface area contributed by atoms with Crippen LogP contribution in [0.25, 0.3) is 0 Å². The Balaban J connectivity index is 3.05. The van der Waals surface area contributed by atoms with Crippen molar-refractivity contribution in [1.82, 2.24) is 0 Å². The number of carbonyl (C=O) groups is 1. The lowest BCUT2D eigenvalue weighted by atomic mass is 10.5. The van der Waals surface area contributed by atoms with Crippen LogP contribution >= 0.6 is 0 Å². The van der Waals surface area contributed by atoms with Crippen LogP contribution in [0.2, 0.25) is 0 Å². The maximum Gasteiger partial charge on any atom is 0.307 e. The second-order valence-corrected chi connectivity index (χ2v) is 8.93. The topological polar surface area (TPSA) is 146 Å². The molecule has 0 unspecified atom stereocenters. The molecule has 0 aromatic rings. The number of carbonyl (C=O) groups excluding carboxylic acids is 1. The quantitative estimate of drug-likeness (QED) is 0.0503. The third-order valence-corrected chi connectivity index (χ3v) is 5.33. The fraction of sp³-hybridized carbons (Fsp3) is 0.903. The fourth-order valence-electron chi connectivity index (χ4n) is 3.03. The molecule has 15 nitrogen and oxygen atoms in total. The lowest BCUT2D eigenvalue weighted by Crippen LogP contribution is -2.15. The molecule has 0 aromatic heterocycles. The molecule has 0 amide bonds. The van der Waals surface area contributed by atoms with E-state index in [1.807, 2.05) is 0 Å². The Kier molecular flexibility index (Phi) is 40.2. The van der Waals surface area contributed by atoms with Crippen LogP contribution in [-0.4, -0.2) is 185 Å². The van der Waals surface area contributed by atoms with Crippen molar-refractivity contribution in [3.05, 3.63) is 0 Å². The molecular weight excluding hydrogens is 612 g/mol. The summed E-state index contributed by atoms with van der Waals surface area (Å²) in [6, 6.07) is 0. The molecule has 0 aliphatic heterocycles. The summed E-state index contributed by atoms with van der Waals surface area (Å²) in [4.78, 5) is 10.9. The number of ether oxygens (including phenoxy) is 14. The van der Waals surface area contributed by atoms with Gasteiger partial charge in [-0.2, -0.15) is 0 Å². The Morgan fingerprint density at radius 1 is 0.370 bits per heavy atom. The van der Waals surface area contributed by atoms with Gasteiger partial charge in [0.05, 0.1) is 179 Å². The maximum absolute atomic E-state index is 10.9. The van der Waals surface area contributed by atoms with E-state index in [0.29, 0.717) is 172 Å². The Bertz CT molecular complexity index is 636. The van der Waals surface area contributed by atoms with Gasteiger partial charge in [0.2, 0.25) is 0 Å². The third-order valence-electron chi connectivity index (χ3n) is 5.33. The van der Waals surface area contributed by atoms with Gasteiger partial charge in [-0.25, -0.2) is 0 Å². The first-order valence-electron chi connectivity index (χ1n) is 15.8. The summed E-state index contributed by atoms with van der Waals surface area (Å²) in [5, 5.41) is 0. The highest BCUT2D eigenvalue weighted by atomic mass is 16.6. The molecule has 0 atom stereocenters. The summed E-state index contributed by atoms with van der Waals surface area (Å²) >= 11 is 0. The van der Waals surface area contributed by atoms with E-state index in [9.17, 15) is 4.79 Å². The summed E-state index contributed by atoms with van der Waals surface area (Å²) in [5.41, 5.74) is 0. The predicted molar refractivity (Wildman–Crippen MR) is 166 cm³/mol. The van der Waals surface area contributed by atoms with Crippen molar-refractivity contribution in [2.45, 2.75) is 6.42 Å². The third kappa shape index (κ3) is 40.5. The number of terminal acetylenes is 1. The van der Waals surface area contributed by atoms with Gasteiger partial charge in [-0.15, -0.1) is 6.42 Å². The van der Waals surface area contributed by atoms with Crippen molar-refractivity contribution in [2.24, 2.45) is 0 Å². The number of hydrogen-bond acceptors (Lipinski definition) is 15. The van der Waals surface area contributed by atoms with Crippen LogP contribution in [0, 0.1) is 12.3 Å². The summed E-state index contributed by atoms with van der Waals surface area (Å²) in [6.45, 7) is 12.4. The van der Waals surface area contributed by atoms with Crippen LogP contribution in [0.1, 0.15) is 6.42 Å². The average molecular weight is 671 g/mol. The van der Waals surface area contributed by atoms with E-state index in [4.69, 9.17) is 68.0 Å². The van der Waals surface area contributed by atoms with E-state index in [0.717, 1.165) is 0 Å². The molecule has 0 rings (SSSR count). The van der Waals surface area contributed by atoms with Gasteiger partial charge in [0.15, 0.2) is 0 Å². The van der Waals surface area contributed by atoms with Crippen molar-refractivity contribution in [3.8, 4) is 12.3 Å². The summed E-state index contributed by atoms with van der Waals surface area (Å²) in [7, 11) is 1.35. The second-order valence-electron chi connectivity index (χ2n) is 8.93. The lowest BCUT2D eigenvalue weighted by Gasteiger charge is -2.09. The average Bonchev–Trinajstić information content (AvgIpc) is 3.07. The molecule has 0 bridgehead atoms. The van der Waals surface area contributed by atoms with E-state index < -0.39 is 0 Å². The van der Waals surface area contributed by atoms with Crippen molar-refractivity contribution in [1.29, 1.82) is 0 Å². The summed E-state index contributed by atoms with van der Waals surface area (Å²) in [6.07, 6.45) is 5.32. The molecule has 272 valence electrons. The van der Waals surface area contributed by atoms with E-state index >= 15 is 0 Å². The number of rotatable bonds is 40. The fourth-order valence-corrected chi connectivity index (χ4v) is 3.03. The summed E-state index contributed by atoms with van der Waals surface area (Å²) < 4.78 is 74.6. The molecule has 0 radical (unpaired) electrons. The number of hydrogen-bond donors (Lipinski definition) is 0. The Hall–Kier alpha value is -1.49. The molecule has 0 heterocycles. The zero-order valence-corrected chi connectivity index (χ0v) is 27.8. The van der Waals surface area contributed by atoms with Crippen LogP contribution in [-0.2, 0) is 71.1 Å². The van der Waals surface area contributed by atoms with Crippen LogP contribution in [0.4, 0.5) is 0 Å². The molecule has 0 saturated carbocycles. The zero-order chi connectivity index (χ0) is 33.3. The first kappa shape index (κ1) is 44.5.